The molecule has 1 N–H and O–H groups in total. The molecule has 0 fully saturated rings. The van der Waals surface area contributed by atoms with Crippen LogP contribution in [-0.4, -0.2) is 37.0 Å². The summed E-state index contributed by atoms with van der Waals surface area (Å²) in [6.07, 6.45) is 2.06. The molecule has 0 rings (SSSR count). The van der Waals surface area contributed by atoms with Gasteiger partial charge in [0.2, 0.25) is 0 Å². The summed E-state index contributed by atoms with van der Waals surface area (Å²) in [5.41, 5.74) is 0.259. The third-order valence-electron chi connectivity index (χ3n) is 1.97. The van der Waals surface area contributed by atoms with Gasteiger partial charge in [-0.2, -0.15) is 0 Å². The van der Waals surface area contributed by atoms with Crippen LogP contribution >= 0.6 is 44.3 Å². The summed E-state index contributed by atoms with van der Waals surface area (Å²) in [7, 11) is 3.67. The van der Waals surface area contributed by atoms with Crippen molar-refractivity contribution < 1.29 is 8.92 Å². The quantitative estimate of drug-likeness (QED) is 0.174. The van der Waals surface area contributed by atoms with Crippen LogP contribution in [0.15, 0.2) is 0 Å². The normalized spacial score (nSPS) is 13.2. The summed E-state index contributed by atoms with van der Waals surface area (Å²) >= 11 is 5.02. The highest BCUT2D eigenvalue weighted by atomic mass is 33.1. The van der Waals surface area contributed by atoms with Crippen molar-refractivity contribution in [2.45, 2.75) is 45.1 Å². The first-order valence-electron chi connectivity index (χ1n) is 6.23. The van der Waals surface area contributed by atoms with Crippen LogP contribution in [0.2, 0.25) is 0 Å². The number of ether oxygens (including phenoxy) is 1. The van der Waals surface area contributed by atoms with Gasteiger partial charge in [0.25, 0.3) is 0 Å². The van der Waals surface area contributed by atoms with Crippen molar-refractivity contribution in [1.82, 2.24) is 5.32 Å². The lowest BCUT2D eigenvalue weighted by atomic mass is 10.3. The Morgan fingerprint density at radius 3 is 2.56 bits per heavy atom. The molecule has 0 aromatic carbocycles. The first-order valence-corrected chi connectivity index (χ1v) is 10.4. The van der Waals surface area contributed by atoms with E-state index in [1.165, 1.54) is 0 Å². The van der Waals surface area contributed by atoms with E-state index >= 15 is 0 Å². The maximum atomic E-state index is 5.69. The Morgan fingerprint density at radius 1 is 1.17 bits per heavy atom. The zero-order valence-corrected chi connectivity index (χ0v) is 14.7. The van der Waals surface area contributed by atoms with Crippen molar-refractivity contribution in [2.24, 2.45) is 0 Å². The van der Waals surface area contributed by atoms with Gasteiger partial charge in [-0.05, 0) is 19.8 Å². The van der Waals surface area contributed by atoms with Crippen LogP contribution in [0.4, 0.5) is 0 Å². The molecule has 0 saturated heterocycles. The van der Waals surface area contributed by atoms with E-state index in [1.54, 1.807) is 10.8 Å². The van der Waals surface area contributed by atoms with Gasteiger partial charge in [-0.25, -0.2) is 0 Å². The number of thiol groups is 1. The summed E-state index contributed by atoms with van der Waals surface area (Å²) in [6, 6.07) is 0.571. The molecule has 1 atom stereocenters. The second-order valence-electron chi connectivity index (χ2n) is 4.07. The van der Waals surface area contributed by atoms with E-state index in [9.17, 15) is 0 Å². The molecule has 18 heavy (non-hydrogen) atoms. The van der Waals surface area contributed by atoms with Gasteiger partial charge < -0.3 is 14.2 Å². The van der Waals surface area contributed by atoms with Crippen molar-refractivity contribution in [3.8, 4) is 0 Å². The Kier molecular flexibility index (Phi) is 15.7. The maximum absolute atomic E-state index is 5.69. The maximum Gasteiger partial charge on any atom is 0.110 e. The monoisotopic (exact) mass is 331 g/mol. The average molecular weight is 332 g/mol. The Morgan fingerprint density at radius 2 is 1.89 bits per heavy atom. The molecule has 0 aromatic rings. The molecule has 0 aliphatic rings. The van der Waals surface area contributed by atoms with Gasteiger partial charge in [0.1, 0.15) is 5.44 Å². The molecule has 0 bridgehead atoms. The van der Waals surface area contributed by atoms with Gasteiger partial charge >= 0.3 is 0 Å². The minimum absolute atomic E-state index is 0.259. The van der Waals surface area contributed by atoms with Gasteiger partial charge in [-0.15, -0.1) is 0 Å². The average Bonchev–Trinajstić information content (AvgIpc) is 2.33. The largest absolute Gasteiger partial charge is 0.367 e. The van der Waals surface area contributed by atoms with E-state index in [1.807, 2.05) is 10.8 Å². The number of hydrogen-bond acceptors (Lipinski definition) is 7. The minimum atomic E-state index is 0.259. The molecular formula is C11H25NO2S4. The van der Waals surface area contributed by atoms with Gasteiger partial charge in [0.05, 0.1) is 17.7 Å². The van der Waals surface area contributed by atoms with Crippen LogP contribution in [0.3, 0.4) is 0 Å². The van der Waals surface area contributed by atoms with Crippen LogP contribution in [0.5, 0.6) is 0 Å². The fraction of sp³-hybridized carbons (Fsp3) is 1.00. The van der Waals surface area contributed by atoms with Gasteiger partial charge in [-0.3, -0.25) is 0 Å². The standard InChI is InChI=1S/C11H25NO2S4/c1-10(2)12-6-9-16-17-11(3)13-7-4-5-8-14-18-15/h10-12,15H,4-9H2,1-3H3. The summed E-state index contributed by atoms with van der Waals surface area (Å²) < 4.78 is 10.8. The van der Waals surface area contributed by atoms with E-state index in [0.717, 1.165) is 49.4 Å². The highest BCUT2D eigenvalue weighted by molar-refractivity contribution is 8.76. The summed E-state index contributed by atoms with van der Waals surface area (Å²) in [6.45, 7) is 9.04. The molecule has 1 unspecified atom stereocenters. The SMILES string of the molecule is CC(C)NCCSSC(C)OCCCCOSS. The molecule has 0 radical (unpaired) electrons. The van der Waals surface area contributed by atoms with E-state index in [2.05, 4.69) is 37.7 Å². The van der Waals surface area contributed by atoms with Crippen molar-refractivity contribution in [3.63, 3.8) is 0 Å². The van der Waals surface area contributed by atoms with E-state index in [0.29, 0.717) is 6.04 Å². The number of rotatable bonds is 13. The van der Waals surface area contributed by atoms with Crippen molar-refractivity contribution in [3.05, 3.63) is 0 Å². The second-order valence-corrected chi connectivity index (χ2v) is 7.69. The Hall–Kier alpha value is 1.28. The summed E-state index contributed by atoms with van der Waals surface area (Å²) in [5, 5.41) is 3.39. The molecule has 0 aromatic heterocycles. The zero-order chi connectivity index (χ0) is 13.6. The first-order chi connectivity index (χ1) is 8.66. The molecule has 110 valence electrons. The Bertz CT molecular complexity index is 175. The lowest BCUT2D eigenvalue weighted by molar-refractivity contribution is 0.118. The van der Waals surface area contributed by atoms with Crippen LogP contribution in [-0.2, 0) is 8.92 Å². The molecule has 0 aliphatic heterocycles. The molecule has 0 heterocycles. The number of nitrogens with one attached hydrogen (secondary N) is 1. The predicted octanol–water partition coefficient (Wildman–Crippen LogP) is 4.02. The smallest absolute Gasteiger partial charge is 0.110 e. The second kappa shape index (κ2) is 14.7. The molecule has 0 aliphatic carbocycles. The van der Waals surface area contributed by atoms with E-state index in [4.69, 9.17) is 8.92 Å². The molecule has 7 heteroatoms. The molecule has 0 saturated carbocycles. The van der Waals surface area contributed by atoms with E-state index < -0.39 is 0 Å². The zero-order valence-electron chi connectivity index (χ0n) is 11.4. The predicted molar refractivity (Wildman–Crippen MR) is 90.4 cm³/mol. The minimum Gasteiger partial charge on any atom is -0.367 e. The first kappa shape index (κ1) is 19.3. The van der Waals surface area contributed by atoms with Gasteiger partial charge in [-0.1, -0.05) is 47.1 Å². The third kappa shape index (κ3) is 15.3. The molecular weight excluding hydrogens is 306 g/mol. The fourth-order valence-electron chi connectivity index (χ4n) is 1.11. The fourth-order valence-corrected chi connectivity index (χ4v) is 3.45. The van der Waals surface area contributed by atoms with Crippen LogP contribution in [0, 0.1) is 0 Å². The third-order valence-corrected chi connectivity index (χ3v) is 5.19. The number of unbranched alkanes of at least 4 members (excludes halogenated alkanes) is 1. The highest BCUT2D eigenvalue weighted by Crippen LogP contribution is 2.26. The van der Waals surface area contributed by atoms with E-state index in [-0.39, 0.29) is 5.44 Å². The van der Waals surface area contributed by atoms with Gasteiger partial charge in [0, 0.05) is 24.9 Å². The van der Waals surface area contributed by atoms with Crippen molar-refractivity contribution in [1.29, 1.82) is 0 Å². The van der Waals surface area contributed by atoms with Crippen molar-refractivity contribution >= 4 is 44.3 Å². The Labute approximate surface area is 129 Å². The summed E-state index contributed by atoms with van der Waals surface area (Å²) in [4.78, 5) is 0. The lowest BCUT2D eigenvalue weighted by Crippen LogP contribution is -2.24. The number of hydrogen-bond donors (Lipinski definition) is 2. The lowest BCUT2D eigenvalue weighted by Gasteiger charge is -2.12. The highest BCUT2D eigenvalue weighted by Gasteiger charge is 2.03. The summed E-state index contributed by atoms with van der Waals surface area (Å²) in [5.74, 6) is 1.11. The molecule has 0 amide bonds. The molecule has 3 nitrogen and oxygen atoms in total. The van der Waals surface area contributed by atoms with Crippen molar-refractivity contribution in [2.75, 3.05) is 25.5 Å². The Balaban J connectivity index is 3.15. The molecule has 0 spiro atoms. The van der Waals surface area contributed by atoms with Gasteiger partial charge in [0.15, 0.2) is 0 Å². The topological polar surface area (TPSA) is 30.5 Å². The van der Waals surface area contributed by atoms with Crippen LogP contribution < -0.4 is 5.32 Å². The van der Waals surface area contributed by atoms with Crippen LogP contribution in [0.1, 0.15) is 33.6 Å². The van der Waals surface area contributed by atoms with Crippen LogP contribution in [0.25, 0.3) is 0 Å².